The summed E-state index contributed by atoms with van der Waals surface area (Å²) >= 11 is 0. The van der Waals surface area contributed by atoms with Gasteiger partial charge in [0.1, 0.15) is 11.6 Å². The van der Waals surface area contributed by atoms with Gasteiger partial charge in [-0.25, -0.2) is 9.98 Å². The van der Waals surface area contributed by atoms with Gasteiger partial charge in [0.15, 0.2) is 5.96 Å². The van der Waals surface area contributed by atoms with E-state index in [0.29, 0.717) is 6.54 Å². The van der Waals surface area contributed by atoms with E-state index < -0.39 is 0 Å². The topological polar surface area (TPSA) is 65.0 Å². The van der Waals surface area contributed by atoms with Crippen molar-refractivity contribution in [3.8, 4) is 5.75 Å². The van der Waals surface area contributed by atoms with Gasteiger partial charge in [-0.15, -0.1) is 0 Å². The van der Waals surface area contributed by atoms with Crippen molar-refractivity contribution in [1.82, 2.24) is 20.5 Å². The predicted molar refractivity (Wildman–Crippen MR) is 128 cm³/mol. The van der Waals surface area contributed by atoms with Crippen LogP contribution in [0, 0.1) is 0 Å². The maximum Gasteiger partial charge on any atom is 0.191 e. The lowest BCUT2D eigenvalue weighted by Crippen LogP contribution is -2.42. The lowest BCUT2D eigenvalue weighted by molar-refractivity contribution is 0.245. The quantitative estimate of drug-likeness (QED) is 0.477. The fourth-order valence-corrected chi connectivity index (χ4v) is 4.02. The van der Waals surface area contributed by atoms with Crippen LogP contribution in [0.15, 0.2) is 47.6 Å². The van der Waals surface area contributed by atoms with Crippen molar-refractivity contribution < 1.29 is 4.74 Å². The van der Waals surface area contributed by atoms with Gasteiger partial charge >= 0.3 is 0 Å². The van der Waals surface area contributed by atoms with Gasteiger partial charge in [0.05, 0.1) is 19.7 Å². The molecule has 2 N–H and O–H groups in total. The highest BCUT2D eigenvalue weighted by Gasteiger charge is 2.24. The number of nitrogens with one attached hydrogen (secondary N) is 2. The van der Waals surface area contributed by atoms with Crippen LogP contribution in [-0.4, -0.2) is 63.2 Å². The fraction of sp³-hybridized carbons (Fsp3) is 0.500. The Morgan fingerprint density at radius 3 is 2.71 bits per heavy atom. The van der Waals surface area contributed by atoms with Crippen LogP contribution in [0.4, 0.5) is 5.82 Å². The Morgan fingerprint density at radius 1 is 1.19 bits per heavy atom. The molecule has 0 bridgehead atoms. The summed E-state index contributed by atoms with van der Waals surface area (Å²) in [7, 11) is 5.74. The van der Waals surface area contributed by atoms with Crippen LogP contribution in [0.3, 0.4) is 0 Å². The molecule has 2 heterocycles. The largest absolute Gasteiger partial charge is 0.497 e. The Morgan fingerprint density at radius 2 is 2.00 bits per heavy atom. The third-order valence-electron chi connectivity index (χ3n) is 5.57. The third-order valence-corrected chi connectivity index (χ3v) is 5.57. The molecule has 1 aromatic heterocycles. The van der Waals surface area contributed by atoms with Crippen molar-refractivity contribution in [1.29, 1.82) is 0 Å². The first kappa shape index (κ1) is 22.9. The number of hydrogen-bond donors (Lipinski definition) is 2. The van der Waals surface area contributed by atoms with Gasteiger partial charge in [0, 0.05) is 38.9 Å². The summed E-state index contributed by atoms with van der Waals surface area (Å²) in [4.78, 5) is 13.9. The predicted octanol–water partition coefficient (Wildman–Crippen LogP) is 3.05. The molecule has 168 valence electrons. The van der Waals surface area contributed by atoms with Gasteiger partial charge in [-0.2, -0.15) is 0 Å². The van der Waals surface area contributed by atoms with E-state index in [1.54, 1.807) is 7.11 Å². The minimum Gasteiger partial charge on any atom is -0.497 e. The van der Waals surface area contributed by atoms with E-state index in [4.69, 9.17) is 9.73 Å². The van der Waals surface area contributed by atoms with Crippen LogP contribution >= 0.6 is 0 Å². The highest BCUT2D eigenvalue weighted by atomic mass is 16.5. The lowest BCUT2D eigenvalue weighted by atomic mass is 10.1. The van der Waals surface area contributed by atoms with Crippen LogP contribution in [0.2, 0.25) is 0 Å². The monoisotopic (exact) mass is 424 g/mol. The zero-order valence-electron chi connectivity index (χ0n) is 19.3. The number of benzene rings is 1. The van der Waals surface area contributed by atoms with E-state index in [1.165, 1.54) is 18.4 Å². The molecule has 1 unspecified atom stereocenters. The molecule has 0 radical (unpaired) electrons. The Labute approximate surface area is 186 Å². The Balaban J connectivity index is 1.74. The van der Waals surface area contributed by atoms with Crippen LogP contribution in [0.1, 0.15) is 36.9 Å². The van der Waals surface area contributed by atoms with Crippen LogP contribution < -0.4 is 20.3 Å². The van der Waals surface area contributed by atoms with Crippen molar-refractivity contribution in [3.63, 3.8) is 0 Å². The van der Waals surface area contributed by atoms with E-state index in [-0.39, 0.29) is 6.04 Å². The summed E-state index contributed by atoms with van der Waals surface area (Å²) < 4.78 is 5.46. The average molecular weight is 425 g/mol. The molecule has 0 amide bonds. The van der Waals surface area contributed by atoms with E-state index in [2.05, 4.69) is 51.7 Å². The smallest absolute Gasteiger partial charge is 0.191 e. The molecular weight excluding hydrogens is 388 g/mol. The van der Waals surface area contributed by atoms with Gasteiger partial charge in [-0.05, 0) is 56.6 Å². The SMILES string of the molecule is CCNC(=NCc1cccnc1N(C)C)NCC(c1cccc(OC)c1)N1CCCC1. The molecule has 0 saturated carbocycles. The maximum atomic E-state index is 5.46. The summed E-state index contributed by atoms with van der Waals surface area (Å²) in [5.74, 6) is 2.67. The number of aliphatic imine (C=N–C) groups is 1. The first-order chi connectivity index (χ1) is 15.1. The molecule has 1 aliphatic rings. The number of likely N-dealkylation sites (tertiary alicyclic amines) is 1. The third kappa shape index (κ3) is 6.34. The second-order valence-corrected chi connectivity index (χ2v) is 7.99. The van der Waals surface area contributed by atoms with E-state index >= 15 is 0 Å². The van der Waals surface area contributed by atoms with Crippen molar-refractivity contribution in [2.75, 3.05) is 52.3 Å². The van der Waals surface area contributed by atoms with E-state index in [9.17, 15) is 0 Å². The van der Waals surface area contributed by atoms with Crippen LogP contribution in [0.25, 0.3) is 0 Å². The van der Waals surface area contributed by atoms with Crippen molar-refractivity contribution in [3.05, 3.63) is 53.7 Å². The van der Waals surface area contributed by atoms with Crippen LogP contribution in [-0.2, 0) is 6.54 Å². The number of aromatic nitrogens is 1. The summed E-state index contributed by atoms with van der Waals surface area (Å²) in [6.07, 6.45) is 4.33. The van der Waals surface area contributed by atoms with Gasteiger partial charge < -0.3 is 20.3 Å². The second kappa shape index (κ2) is 11.6. The number of anilines is 1. The number of pyridine rings is 1. The molecule has 1 saturated heterocycles. The second-order valence-electron chi connectivity index (χ2n) is 7.99. The normalized spacial score (nSPS) is 15.5. The zero-order valence-corrected chi connectivity index (χ0v) is 19.3. The van der Waals surface area contributed by atoms with Crippen molar-refractivity contribution in [2.45, 2.75) is 32.4 Å². The average Bonchev–Trinajstić information content (AvgIpc) is 3.32. The molecule has 1 aromatic carbocycles. The minimum atomic E-state index is 0.275. The molecule has 1 fully saturated rings. The Bertz CT molecular complexity index is 847. The van der Waals surface area contributed by atoms with Gasteiger partial charge in [-0.3, -0.25) is 4.90 Å². The first-order valence-electron chi connectivity index (χ1n) is 11.1. The van der Waals surface area contributed by atoms with Gasteiger partial charge in [0.25, 0.3) is 0 Å². The summed E-state index contributed by atoms with van der Waals surface area (Å²) in [5, 5.41) is 6.96. The lowest BCUT2D eigenvalue weighted by Gasteiger charge is -2.29. The molecule has 0 spiro atoms. The molecule has 7 nitrogen and oxygen atoms in total. The maximum absolute atomic E-state index is 5.46. The van der Waals surface area contributed by atoms with Gasteiger partial charge in [-0.1, -0.05) is 18.2 Å². The zero-order chi connectivity index (χ0) is 22.1. The summed E-state index contributed by atoms with van der Waals surface area (Å²) in [6.45, 7) is 6.51. The van der Waals surface area contributed by atoms with Gasteiger partial charge in [0.2, 0.25) is 0 Å². The van der Waals surface area contributed by atoms with Crippen molar-refractivity contribution >= 4 is 11.8 Å². The molecule has 7 heteroatoms. The number of ether oxygens (including phenoxy) is 1. The summed E-state index contributed by atoms with van der Waals surface area (Å²) in [5.41, 5.74) is 2.38. The number of hydrogen-bond acceptors (Lipinski definition) is 5. The standard InChI is InChI=1S/C24H36N6O/c1-5-25-24(27-17-20-11-9-13-26-23(20)29(2)3)28-18-22(30-14-6-7-15-30)19-10-8-12-21(16-19)31-4/h8-13,16,22H,5-7,14-15,17-18H2,1-4H3,(H2,25,27,28). The minimum absolute atomic E-state index is 0.275. The fourth-order valence-electron chi connectivity index (χ4n) is 4.02. The van der Waals surface area contributed by atoms with E-state index in [1.807, 2.05) is 37.3 Å². The summed E-state index contributed by atoms with van der Waals surface area (Å²) in [6, 6.07) is 12.7. The molecule has 0 aliphatic carbocycles. The molecule has 31 heavy (non-hydrogen) atoms. The van der Waals surface area contributed by atoms with E-state index in [0.717, 1.165) is 49.3 Å². The molecule has 3 rings (SSSR count). The highest BCUT2D eigenvalue weighted by molar-refractivity contribution is 5.79. The molecule has 1 atom stereocenters. The Hall–Kier alpha value is -2.80. The van der Waals surface area contributed by atoms with Crippen molar-refractivity contribution in [2.24, 2.45) is 4.99 Å². The molecule has 2 aromatic rings. The first-order valence-corrected chi connectivity index (χ1v) is 11.1. The number of rotatable bonds is 9. The highest BCUT2D eigenvalue weighted by Crippen LogP contribution is 2.27. The molecular formula is C24H36N6O. The molecule has 1 aliphatic heterocycles. The number of methoxy groups -OCH3 is 1. The van der Waals surface area contributed by atoms with Crippen LogP contribution in [0.5, 0.6) is 5.75 Å². The number of nitrogens with zero attached hydrogens (tertiary/aromatic N) is 4. The Kier molecular flexibility index (Phi) is 8.53. The number of guanidine groups is 1.